The number of hydrogen-bond donors (Lipinski definition) is 1. The molecule has 0 unspecified atom stereocenters. The van der Waals surface area contributed by atoms with Gasteiger partial charge < -0.3 is 4.74 Å². The Bertz CT molecular complexity index is 1800. The van der Waals surface area contributed by atoms with Gasteiger partial charge in [0.05, 0.1) is 0 Å². The molecule has 2 heteroatoms. The molecule has 0 radical (unpaired) electrons. The van der Waals surface area contributed by atoms with Gasteiger partial charge in [0.1, 0.15) is 11.5 Å². The van der Waals surface area contributed by atoms with Gasteiger partial charge in [0.15, 0.2) is 0 Å². The van der Waals surface area contributed by atoms with Gasteiger partial charge in [0.2, 0.25) is 0 Å². The van der Waals surface area contributed by atoms with Gasteiger partial charge in [0.25, 0.3) is 0 Å². The lowest BCUT2D eigenvalue weighted by Crippen LogP contribution is -2.00. The fourth-order valence-corrected chi connectivity index (χ4v) is 5.81. The summed E-state index contributed by atoms with van der Waals surface area (Å²) < 4.78 is 6.75. The summed E-state index contributed by atoms with van der Waals surface area (Å²) in [6.45, 7) is 2.19. The second kappa shape index (κ2) is 7.76. The molecule has 0 fully saturated rings. The average molecular weight is 467 g/mol. The quantitative estimate of drug-likeness (QED) is 0.197. The maximum Gasteiger partial charge on any atom is 0.143 e. The Labute approximate surface area is 210 Å². The molecule has 1 aliphatic rings. The Kier molecular flexibility index (Phi) is 4.52. The number of para-hydroxylation sites is 1. The van der Waals surface area contributed by atoms with Crippen LogP contribution in [0.1, 0.15) is 5.56 Å². The molecule has 0 bridgehead atoms. The fourth-order valence-electron chi connectivity index (χ4n) is 5.53. The normalized spacial score (nSPS) is 11.9. The van der Waals surface area contributed by atoms with Crippen LogP contribution in [0.15, 0.2) is 114 Å². The van der Waals surface area contributed by atoms with Crippen molar-refractivity contribution in [2.75, 3.05) is 0 Å². The number of rotatable bonds is 2. The lowest BCUT2D eigenvalue weighted by Gasteiger charge is -2.25. The third-order valence-corrected chi connectivity index (χ3v) is 7.57. The van der Waals surface area contributed by atoms with Gasteiger partial charge in [-0.1, -0.05) is 97.1 Å². The molecule has 0 saturated carbocycles. The zero-order chi connectivity index (χ0) is 23.5. The van der Waals surface area contributed by atoms with Crippen molar-refractivity contribution >= 4 is 34.2 Å². The standard InChI is InChI=1S/C33H22OS/c1-20-22(25-11-4-5-18-31(25)35)12-6-13-23(20)28-16-8-17-29-27-15-7-14-26-24-10-3-2-9-21(24)19-30(32(26)27)34-33(28)29/h2-19,35H,1H3. The molecule has 0 aliphatic carbocycles. The molecule has 0 spiro atoms. The zero-order valence-corrected chi connectivity index (χ0v) is 20.1. The van der Waals surface area contributed by atoms with Crippen molar-refractivity contribution in [1.82, 2.24) is 0 Å². The summed E-state index contributed by atoms with van der Waals surface area (Å²) >= 11 is 4.72. The van der Waals surface area contributed by atoms with E-state index >= 15 is 0 Å². The molecule has 35 heavy (non-hydrogen) atoms. The first-order valence-electron chi connectivity index (χ1n) is 11.8. The largest absolute Gasteiger partial charge is 0.455 e. The van der Waals surface area contributed by atoms with Crippen LogP contribution in [0.25, 0.3) is 54.9 Å². The molecule has 7 rings (SSSR count). The van der Waals surface area contributed by atoms with Crippen LogP contribution < -0.4 is 4.74 Å². The van der Waals surface area contributed by atoms with Crippen molar-refractivity contribution in [3.8, 4) is 44.9 Å². The Morgan fingerprint density at radius 1 is 0.543 bits per heavy atom. The van der Waals surface area contributed by atoms with Crippen LogP contribution in [0.2, 0.25) is 0 Å². The SMILES string of the molecule is Cc1c(-c2ccccc2S)cccc1-c1cccc2c1Oc1cc3ccccc3c3cccc-2c13. The highest BCUT2D eigenvalue weighted by Gasteiger charge is 2.25. The molecular formula is C33H22OS. The number of benzene rings is 6. The Morgan fingerprint density at radius 2 is 1.11 bits per heavy atom. The molecule has 6 aromatic carbocycles. The molecule has 0 atom stereocenters. The van der Waals surface area contributed by atoms with E-state index in [1.54, 1.807) is 0 Å². The van der Waals surface area contributed by atoms with Crippen molar-refractivity contribution in [3.63, 3.8) is 0 Å². The van der Waals surface area contributed by atoms with E-state index < -0.39 is 0 Å². The van der Waals surface area contributed by atoms with E-state index in [2.05, 4.69) is 104 Å². The number of fused-ring (bicyclic) bond motifs is 4. The Balaban J connectivity index is 1.49. The summed E-state index contributed by atoms with van der Waals surface area (Å²) in [7, 11) is 0. The third kappa shape index (κ3) is 3.03. The third-order valence-electron chi connectivity index (χ3n) is 7.18. The molecule has 0 N–H and O–H groups in total. The molecule has 1 nitrogen and oxygen atoms in total. The van der Waals surface area contributed by atoms with Crippen LogP contribution in [0.3, 0.4) is 0 Å². The van der Waals surface area contributed by atoms with Crippen LogP contribution in [0.4, 0.5) is 0 Å². The van der Waals surface area contributed by atoms with Crippen LogP contribution in [-0.4, -0.2) is 0 Å². The van der Waals surface area contributed by atoms with Gasteiger partial charge >= 0.3 is 0 Å². The summed E-state index contributed by atoms with van der Waals surface area (Å²) in [5.74, 6) is 1.84. The van der Waals surface area contributed by atoms with Gasteiger partial charge in [-0.05, 0) is 63.0 Å². The van der Waals surface area contributed by atoms with Crippen LogP contribution in [0.5, 0.6) is 11.5 Å². The molecule has 0 amide bonds. The minimum atomic E-state index is 0.919. The minimum absolute atomic E-state index is 0.919. The smallest absolute Gasteiger partial charge is 0.143 e. The fraction of sp³-hybridized carbons (Fsp3) is 0.0303. The summed E-state index contributed by atoms with van der Waals surface area (Å²) in [5, 5.41) is 4.86. The highest BCUT2D eigenvalue weighted by atomic mass is 32.1. The molecular weight excluding hydrogens is 444 g/mol. The highest BCUT2D eigenvalue weighted by Crippen LogP contribution is 2.52. The van der Waals surface area contributed by atoms with Gasteiger partial charge in [-0.25, -0.2) is 0 Å². The maximum absolute atomic E-state index is 6.75. The highest BCUT2D eigenvalue weighted by molar-refractivity contribution is 7.80. The summed E-state index contributed by atoms with van der Waals surface area (Å²) in [5.41, 5.74) is 8.18. The van der Waals surface area contributed by atoms with Crippen molar-refractivity contribution in [2.24, 2.45) is 0 Å². The lowest BCUT2D eigenvalue weighted by molar-refractivity contribution is 0.489. The van der Waals surface area contributed by atoms with E-state index in [0.717, 1.165) is 33.1 Å². The Morgan fingerprint density at radius 3 is 1.94 bits per heavy atom. The first-order valence-corrected chi connectivity index (χ1v) is 12.3. The molecule has 6 aromatic rings. The zero-order valence-electron chi connectivity index (χ0n) is 19.2. The maximum atomic E-state index is 6.75. The summed E-state index contributed by atoms with van der Waals surface area (Å²) in [6, 6.07) is 38.5. The van der Waals surface area contributed by atoms with Crippen LogP contribution in [-0.2, 0) is 0 Å². The minimum Gasteiger partial charge on any atom is -0.455 e. The number of ether oxygens (including phenoxy) is 1. The Hall–Kier alpha value is -4.01. The molecule has 0 aromatic heterocycles. The topological polar surface area (TPSA) is 9.23 Å². The number of thiol groups is 1. The average Bonchev–Trinajstić information content (AvgIpc) is 2.89. The lowest BCUT2D eigenvalue weighted by atomic mass is 9.87. The van der Waals surface area contributed by atoms with E-state index in [1.165, 1.54) is 43.8 Å². The molecule has 166 valence electrons. The van der Waals surface area contributed by atoms with E-state index in [1.807, 2.05) is 12.1 Å². The van der Waals surface area contributed by atoms with Crippen molar-refractivity contribution in [3.05, 3.63) is 115 Å². The first kappa shape index (κ1) is 20.4. The van der Waals surface area contributed by atoms with Crippen LogP contribution in [0, 0.1) is 6.92 Å². The predicted molar refractivity (Wildman–Crippen MR) is 150 cm³/mol. The molecule has 1 aliphatic heterocycles. The van der Waals surface area contributed by atoms with Gasteiger partial charge in [-0.15, -0.1) is 12.6 Å². The van der Waals surface area contributed by atoms with E-state index in [9.17, 15) is 0 Å². The van der Waals surface area contributed by atoms with Crippen molar-refractivity contribution < 1.29 is 4.74 Å². The van der Waals surface area contributed by atoms with Crippen LogP contribution >= 0.6 is 12.6 Å². The summed E-state index contributed by atoms with van der Waals surface area (Å²) in [6.07, 6.45) is 0. The van der Waals surface area contributed by atoms with Gasteiger partial charge in [-0.3, -0.25) is 0 Å². The first-order chi connectivity index (χ1) is 17.2. The predicted octanol–water partition coefficient (Wildman–Crippen LogP) is 9.70. The molecule has 1 heterocycles. The second-order valence-corrected chi connectivity index (χ2v) is 9.59. The number of hydrogen-bond acceptors (Lipinski definition) is 2. The monoisotopic (exact) mass is 466 g/mol. The van der Waals surface area contributed by atoms with Crippen molar-refractivity contribution in [1.29, 1.82) is 0 Å². The molecule has 0 saturated heterocycles. The van der Waals surface area contributed by atoms with Crippen molar-refractivity contribution in [2.45, 2.75) is 11.8 Å². The summed E-state index contributed by atoms with van der Waals surface area (Å²) in [4.78, 5) is 0.978. The van der Waals surface area contributed by atoms with E-state index in [0.29, 0.717) is 0 Å². The van der Waals surface area contributed by atoms with E-state index in [-0.39, 0.29) is 0 Å². The van der Waals surface area contributed by atoms with Gasteiger partial charge in [0, 0.05) is 21.4 Å². The second-order valence-electron chi connectivity index (χ2n) is 9.10. The van der Waals surface area contributed by atoms with E-state index in [4.69, 9.17) is 17.4 Å². The van der Waals surface area contributed by atoms with Gasteiger partial charge in [-0.2, -0.15) is 0 Å².